The maximum atomic E-state index is 13.2. The Labute approximate surface area is 111 Å². The van der Waals surface area contributed by atoms with Crippen LogP contribution in [0, 0.1) is 12.7 Å². The zero-order valence-corrected chi connectivity index (χ0v) is 10.6. The zero-order valence-electron chi connectivity index (χ0n) is 10.6. The number of primary amides is 1. The van der Waals surface area contributed by atoms with E-state index in [2.05, 4.69) is 5.32 Å². The number of amides is 1. The first-order valence-corrected chi connectivity index (χ1v) is 5.94. The lowest BCUT2D eigenvalue weighted by Gasteiger charge is -2.08. The summed E-state index contributed by atoms with van der Waals surface area (Å²) in [5.41, 5.74) is 8.24. The van der Waals surface area contributed by atoms with Gasteiger partial charge in [0.2, 0.25) is 5.91 Å². The monoisotopic (exact) mass is 258 g/mol. The van der Waals surface area contributed by atoms with Crippen LogP contribution in [0.4, 0.5) is 10.1 Å². The molecule has 0 radical (unpaired) electrons. The molecule has 0 saturated heterocycles. The van der Waals surface area contributed by atoms with E-state index < -0.39 is 5.91 Å². The molecule has 0 aliphatic carbocycles. The zero-order chi connectivity index (χ0) is 13.8. The van der Waals surface area contributed by atoms with Crippen LogP contribution in [-0.2, 0) is 6.54 Å². The molecule has 0 aliphatic rings. The van der Waals surface area contributed by atoms with Crippen molar-refractivity contribution < 1.29 is 9.18 Å². The SMILES string of the molecule is Cc1cc(F)cc(NCc2ccc(C(N)=O)cc2)c1. The second-order valence-electron chi connectivity index (χ2n) is 4.43. The number of anilines is 1. The van der Waals surface area contributed by atoms with Crippen LogP contribution in [0.15, 0.2) is 42.5 Å². The summed E-state index contributed by atoms with van der Waals surface area (Å²) in [5.74, 6) is -0.702. The van der Waals surface area contributed by atoms with Crippen molar-refractivity contribution in [3.8, 4) is 0 Å². The van der Waals surface area contributed by atoms with Gasteiger partial charge in [-0.15, -0.1) is 0 Å². The van der Waals surface area contributed by atoms with Crippen molar-refractivity contribution in [2.75, 3.05) is 5.32 Å². The molecule has 0 aliphatic heterocycles. The fraction of sp³-hybridized carbons (Fsp3) is 0.133. The van der Waals surface area contributed by atoms with Crippen LogP contribution >= 0.6 is 0 Å². The largest absolute Gasteiger partial charge is 0.381 e. The molecule has 0 fully saturated rings. The second-order valence-corrected chi connectivity index (χ2v) is 4.43. The highest BCUT2D eigenvalue weighted by atomic mass is 19.1. The lowest BCUT2D eigenvalue weighted by molar-refractivity contribution is 0.100. The molecule has 0 atom stereocenters. The van der Waals surface area contributed by atoms with Gasteiger partial charge in [-0.2, -0.15) is 0 Å². The predicted octanol–water partition coefficient (Wildman–Crippen LogP) is 2.85. The van der Waals surface area contributed by atoms with E-state index >= 15 is 0 Å². The van der Waals surface area contributed by atoms with Crippen molar-refractivity contribution in [1.29, 1.82) is 0 Å². The summed E-state index contributed by atoms with van der Waals surface area (Å²) < 4.78 is 13.2. The van der Waals surface area contributed by atoms with Gasteiger partial charge in [-0.3, -0.25) is 4.79 Å². The Balaban J connectivity index is 2.03. The van der Waals surface area contributed by atoms with E-state index in [4.69, 9.17) is 5.73 Å². The number of hydrogen-bond donors (Lipinski definition) is 2. The van der Waals surface area contributed by atoms with Crippen molar-refractivity contribution in [3.05, 3.63) is 65.0 Å². The van der Waals surface area contributed by atoms with E-state index in [1.807, 2.05) is 25.1 Å². The number of carbonyl (C=O) groups excluding carboxylic acids is 1. The van der Waals surface area contributed by atoms with Crippen molar-refractivity contribution in [2.45, 2.75) is 13.5 Å². The van der Waals surface area contributed by atoms with Crippen LogP contribution in [0.2, 0.25) is 0 Å². The minimum absolute atomic E-state index is 0.258. The molecular weight excluding hydrogens is 243 g/mol. The van der Waals surface area contributed by atoms with Crippen LogP contribution in [0.5, 0.6) is 0 Å². The number of nitrogens with one attached hydrogen (secondary N) is 1. The number of benzene rings is 2. The Kier molecular flexibility index (Phi) is 3.80. The van der Waals surface area contributed by atoms with E-state index in [0.29, 0.717) is 12.1 Å². The average Bonchev–Trinajstić information content (AvgIpc) is 2.36. The summed E-state index contributed by atoms with van der Waals surface area (Å²) in [4.78, 5) is 10.9. The summed E-state index contributed by atoms with van der Waals surface area (Å²) in [6.45, 7) is 2.40. The molecule has 2 rings (SSSR count). The Hall–Kier alpha value is -2.36. The lowest BCUT2D eigenvalue weighted by atomic mass is 10.1. The minimum atomic E-state index is -0.444. The molecule has 0 saturated carbocycles. The maximum absolute atomic E-state index is 13.2. The molecule has 19 heavy (non-hydrogen) atoms. The number of rotatable bonds is 4. The van der Waals surface area contributed by atoms with E-state index in [1.54, 1.807) is 12.1 Å². The number of carbonyl (C=O) groups is 1. The lowest BCUT2D eigenvalue weighted by Crippen LogP contribution is -2.10. The number of hydrogen-bond acceptors (Lipinski definition) is 2. The Morgan fingerprint density at radius 2 is 1.89 bits per heavy atom. The first kappa shape index (κ1) is 13.1. The third kappa shape index (κ3) is 3.55. The molecule has 3 N–H and O–H groups in total. The summed E-state index contributed by atoms with van der Waals surface area (Å²) in [6, 6.07) is 11.8. The molecule has 2 aromatic rings. The third-order valence-corrected chi connectivity index (χ3v) is 2.78. The smallest absolute Gasteiger partial charge is 0.248 e. The van der Waals surface area contributed by atoms with E-state index in [-0.39, 0.29) is 5.82 Å². The van der Waals surface area contributed by atoms with E-state index in [9.17, 15) is 9.18 Å². The van der Waals surface area contributed by atoms with Gasteiger partial charge >= 0.3 is 0 Å². The summed E-state index contributed by atoms with van der Waals surface area (Å²) >= 11 is 0. The van der Waals surface area contributed by atoms with E-state index in [1.165, 1.54) is 12.1 Å². The maximum Gasteiger partial charge on any atom is 0.248 e. The average molecular weight is 258 g/mol. The number of halogens is 1. The van der Waals surface area contributed by atoms with Crippen LogP contribution in [0.25, 0.3) is 0 Å². The molecule has 0 heterocycles. The molecule has 0 spiro atoms. The Bertz CT molecular complexity index is 573. The fourth-order valence-electron chi connectivity index (χ4n) is 1.83. The molecule has 3 nitrogen and oxygen atoms in total. The van der Waals surface area contributed by atoms with Crippen molar-refractivity contribution in [1.82, 2.24) is 0 Å². The van der Waals surface area contributed by atoms with Crippen molar-refractivity contribution >= 4 is 11.6 Å². The Morgan fingerprint density at radius 1 is 1.21 bits per heavy atom. The van der Waals surface area contributed by atoms with Crippen molar-refractivity contribution in [3.63, 3.8) is 0 Å². The molecule has 0 aromatic heterocycles. The highest BCUT2D eigenvalue weighted by Crippen LogP contribution is 2.14. The van der Waals surface area contributed by atoms with Crippen LogP contribution < -0.4 is 11.1 Å². The summed E-state index contributed by atoms with van der Waals surface area (Å²) in [7, 11) is 0. The molecule has 0 unspecified atom stereocenters. The van der Waals surface area contributed by atoms with Crippen LogP contribution in [0.1, 0.15) is 21.5 Å². The van der Waals surface area contributed by atoms with Gasteiger partial charge in [-0.25, -0.2) is 4.39 Å². The quantitative estimate of drug-likeness (QED) is 0.886. The van der Waals surface area contributed by atoms with Crippen molar-refractivity contribution in [2.24, 2.45) is 5.73 Å². The fourth-order valence-corrected chi connectivity index (χ4v) is 1.83. The molecule has 98 valence electrons. The number of nitrogens with two attached hydrogens (primary N) is 1. The van der Waals surface area contributed by atoms with Gasteiger partial charge in [0.15, 0.2) is 0 Å². The third-order valence-electron chi connectivity index (χ3n) is 2.78. The standard InChI is InChI=1S/C15H15FN2O/c1-10-6-13(16)8-14(7-10)18-9-11-2-4-12(5-3-11)15(17)19/h2-8,18H,9H2,1H3,(H2,17,19). The van der Waals surface area contributed by atoms with Gasteiger partial charge in [-0.1, -0.05) is 12.1 Å². The second kappa shape index (κ2) is 5.52. The first-order valence-electron chi connectivity index (χ1n) is 5.94. The minimum Gasteiger partial charge on any atom is -0.381 e. The highest BCUT2D eigenvalue weighted by molar-refractivity contribution is 5.92. The van der Waals surface area contributed by atoms with Crippen LogP contribution in [-0.4, -0.2) is 5.91 Å². The summed E-state index contributed by atoms with van der Waals surface area (Å²) in [6.07, 6.45) is 0. The molecule has 1 amide bonds. The van der Waals surface area contributed by atoms with E-state index in [0.717, 1.165) is 16.8 Å². The van der Waals surface area contributed by atoms with Gasteiger partial charge in [0, 0.05) is 17.8 Å². The van der Waals surface area contributed by atoms with Gasteiger partial charge in [0.25, 0.3) is 0 Å². The molecule has 4 heteroatoms. The Morgan fingerprint density at radius 3 is 2.47 bits per heavy atom. The van der Waals surface area contributed by atoms with Gasteiger partial charge in [0.1, 0.15) is 5.82 Å². The summed E-state index contributed by atoms with van der Waals surface area (Å²) in [5, 5.41) is 3.14. The normalized spacial score (nSPS) is 10.2. The highest BCUT2D eigenvalue weighted by Gasteiger charge is 2.01. The van der Waals surface area contributed by atoms with Gasteiger partial charge in [0.05, 0.1) is 0 Å². The van der Waals surface area contributed by atoms with Crippen LogP contribution in [0.3, 0.4) is 0 Å². The van der Waals surface area contributed by atoms with Gasteiger partial charge < -0.3 is 11.1 Å². The van der Waals surface area contributed by atoms with Gasteiger partial charge in [-0.05, 0) is 48.4 Å². The number of aryl methyl sites for hydroxylation is 1. The molecular formula is C15H15FN2O. The predicted molar refractivity (Wildman–Crippen MR) is 73.4 cm³/mol. The molecule has 2 aromatic carbocycles. The first-order chi connectivity index (χ1) is 9.04. The topological polar surface area (TPSA) is 55.1 Å². The molecule has 0 bridgehead atoms.